The standard InChI is InChI=1S/C23H39N5O/c1-6-23(7-2,27-18(4)19-12-10-9-11-13-19)17-25-22(24-8-3)26-20-14-15-21(29)28(5)16-20/h9-13,18,20,27H,6-8,14-17H2,1-5H3,(H2,24,25,26). The Hall–Kier alpha value is -2.08. The summed E-state index contributed by atoms with van der Waals surface area (Å²) in [4.78, 5) is 18.5. The van der Waals surface area contributed by atoms with Gasteiger partial charge in [-0.25, -0.2) is 0 Å². The summed E-state index contributed by atoms with van der Waals surface area (Å²) in [5.41, 5.74) is 1.24. The molecular formula is C23H39N5O. The fourth-order valence-electron chi connectivity index (χ4n) is 3.88. The first-order valence-electron chi connectivity index (χ1n) is 11.0. The van der Waals surface area contributed by atoms with Crippen molar-refractivity contribution in [1.29, 1.82) is 0 Å². The molecule has 1 saturated heterocycles. The van der Waals surface area contributed by atoms with Crippen molar-refractivity contribution < 1.29 is 4.79 Å². The molecule has 29 heavy (non-hydrogen) atoms. The highest BCUT2D eigenvalue weighted by Crippen LogP contribution is 2.22. The molecule has 2 unspecified atom stereocenters. The van der Waals surface area contributed by atoms with Crippen LogP contribution >= 0.6 is 0 Å². The Labute approximate surface area is 176 Å². The molecule has 162 valence electrons. The van der Waals surface area contributed by atoms with Crippen LogP contribution in [0.15, 0.2) is 35.3 Å². The third-order valence-electron chi connectivity index (χ3n) is 6.03. The van der Waals surface area contributed by atoms with Gasteiger partial charge in [-0.05, 0) is 38.7 Å². The monoisotopic (exact) mass is 401 g/mol. The van der Waals surface area contributed by atoms with Crippen LogP contribution in [-0.4, -0.2) is 55.0 Å². The predicted octanol–water partition coefficient (Wildman–Crippen LogP) is 3.07. The van der Waals surface area contributed by atoms with Gasteiger partial charge in [-0.15, -0.1) is 0 Å². The van der Waals surface area contributed by atoms with Crippen molar-refractivity contribution in [3.8, 4) is 0 Å². The molecule has 2 atom stereocenters. The van der Waals surface area contributed by atoms with Crippen LogP contribution in [0, 0.1) is 0 Å². The van der Waals surface area contributed by atoms with E-state index in [4.69, 9.17) is 4.99 Å². The number of benzene rings is 1. The number of hydrogen-bond acceptors (Lipinski definition) is 3. The molecule has 0 aliphatic carbocycles. The number of likely N-dealkylation sites (N-methyl/N-ethyl adjacent to an activating group) is 1. The SMILES string of the molecule is CCNC(=NCC(CC)(CC)NC(C)c1ccccc1)NC1CCC(=O)N(C)C1. The smallest absolute Gasteiger partial charge is 0.222 e. The molecule has 1 heterocycles. The Morgan fingerprint density at radius 3 is 2.52 bits per heavy atom. The summed E-state index contributed by atoms with van der Waals surface area (Å²) in [5.74, 6) is 1.06. The molecule has 1 amide bonds. The van der Waals surface area contributed by atoms with Crippen molar-refractivity contribution in [1.82, 2.24) is 20.9 Å². The lowest BCUT2D eigenvalue weighted by atomic mass is 9.90. The maximum Gasteiger partial charge on any atom is 0.222 e. The number of piperidine rings is 1. The largest absolute Gasteiger partial charge is 0.357 e. The maximum atomic E-state index is 11.7. The van der Waals surface area contributed by atoms with E-state index in [9.17, 15) is 4.79 Å². The van der Waals surface area contributed by atoms with Gasteiger partial charge < -0.3 is 20.9 Å². The number of amides is 1. The minimum Gasteiger partial charge on any atom is -0.357 e. The molecule has 2 rings (SSSR count). The van der Waals surface area contributed by atoms with Gasteiger partial charge in [0.2, 0.25) is 5.91 Å². The van der Waals surface area contributed by atoms with Gasteiger partial charge >= 0.3 is 0 Å². The van der Waals surface area contributed by atoms with Gasteiger partial charge in [-0.1, -0.05) is 44.2 Å². The number of rotatable bonds is 9. The first kappa shape index (κ1) is 23.2. The van der Waals surface area contributed by atoms with Gasteiger partial charge in [0.1, 0.15) is 0 Å². The average Bonchev–Trinajstić information content (AvgIpc) is 2.74. The zero-order chi connectivity index (χ0) is 21.3. The first-order chi connectivity index (χ1) is 13.9. The van der Waals surface area contributed by atoms with Crippen LogP contribution in [0.25, 0.3) is 0 Å². The highest BCUT2D eigenvalue weighted by molar-refractivity contribution is 5.81. The van der Waals surface area contributed by atoms with Gasteiger partial charge in [0, 0.05) is 44.2 Å². The minimum atomic E-state index is -0.0586. The van der Waals surface area contributed by atoms with Gasteiger partial charge in [-0.3, -0.25) is 9.79 Å². The van der Waals surface area contributed by atoms with E-state index in [-0.39, 0.29) is 23.5 Å². The minimum absolute atomic E-state index is 0.0586. The van der Waals surface area contributed by atoms with Crippen LogP contribution < -0.4 is 16.0 Å². The molecule has 1 aliphatic rings. The molecule has 1 aromatic rings. The van der Waals surface area contributed by atoms with E-state index in [0.717, 1.165) is 38.3 Å². The summed E-state index contributed by atoms with van der Waals surface area (Å²) in [7, 11) is 1.87. The third kappa shape index (κ3) is 6.74. The highest BCUT2D eigenvalue weighted by Gasteiger charge is 2.29. The molecule has 3 N–H and O–H groups in total. The summed E-state index contributed by atoms with van der Waals surface area (Å²) in [6.45, 7) is 11.0. The molecule has 1 aromatic carbocycles. The van der Waals surface area contributed by atoms with E-state index >= 15 is 0 Å². The summed E-state index contributed by atoms with van der Waals surface area (Å²) in [6.07, 6.45) is 3.45. The molecule has 1 fully saturated rings. The van der Waals surface area contributed by atoms with Crippen LogP contribution in [0.2, 0.25) is 0 Å². The zero-order valence-corrected chi connectivity index (χ0v) is 18.8. The molecular weight excluding hydrogens is 362 g/mol. The van der Waals surface area contributed by atoms with Crippen LogP contribution in [0.1, 0.15) is 65.0 Å². The summed E-state index contributed by atoms with van der Waals surface area (Å²) in [5, 5.41) is 10.7. The number of nitrogens with one attached hydrogen (secondary N) is 3. The van der Waals surface area contributed by atoms with Gasteiger partial charge in [-0.2, -0.15) is 0 Å². The molecule has 6 nitrogen and oxygen atoms in total. The van der Waals surface area contributed by atoms with Gasteiger partial charge in [0.15, 0.2) is 5.96 Å². The lowest BCUT2D eigenvalue weighted by Gasteiger charge is -2.36. The second-order valence-electron chi connectivity index (χ2n) is 8.11. The second-order valence-corrected chi connectivity index (χ2v) is 8.11. The Morgan fingerprint density at radius 2 is 1.93 bits per heavy atom. The fourth-order valence-corrected chi connectivity index (χ4v) is 3.88. The maximum absolute atomic E-state index is 11.7. The molecule has 6 heteroatoms. The summed E-state index contributed by atoms with van der Waals surface area (Å²) in [6, 6.07) is 11.1. The zero-order valence-electron chi connectivity index (χ0n) is 18.8. The molecule has 0 aromatic heterocycles. The Morgan fingerprint density at radius 1 is 1.24 bits per heavy atom. The van der Waals surface area contributed by atoms with Crippen molar-refractivity contribution in [2.75, 3.05) is 26.7 Å². The Kier molecular flexibility index (Phi) is 8.96. The molecule has 0 bridgehead atoms. The lowest BCUT2D eigenvalue weighted by Crippen LogP contribution is -2.53. The van der Waals surface area contributed by atoms with E-state index in [2.05, 4.69) is 74.0 Å². The molecule has 0 spiro atoms. The normalized spacial score (nSPS) is 19.2. The molecule has 0 saturated carbocycles. The van der Waals surface area contributed by atoms with E-state index in [1.165, 1.54) is 5.56 Å². The average molecular weight is 402 g/mol. The van der Waals surface area contributed by atoms with Crippen LogP contribution in [0.4, 0.5) is 0 Å². The Bertz CT molecular complexity index is 656. The fraction of sp³-hybridized carbons (Fsp3) is 0.652. The van der Waals surface area contributed by atoms with E-state index in [0.29, 0.717) is 13.0 Å². The van der Waals surface area contributed by atoms with Crippen molar-refractivity contribution in [3.63, 3.8) is 0 Å². The van der Waals surface area contributed by atoms with Crippen LogP contribution in [0.5, 0.6) is 0 Å². The quantitative estimate of drug-likeness (QED) is 0.439. The van der Waals surface area contributed by atoms with E-state index < -0.39 is 0 Å². The number of hydrogen-bond donors (Lipinski definition) is 3. The summed E-state index contributed by atoms with van der Waals surface area (Å²) < 4.78 is 0. The molecule has 0 radical (unpaired) electrons. The van der Waals surface area contributed by atoms with Gasteiger partial charge in [0.05, 0.1) is 6.54 Å². The second kappa shape index (κ2) is 11.2. The topological polar surface area (TPSA) is 68.8 Å². The lowest BCUT2D eigenvalue weighted by molar-refractivity contribution is -0.132. The highest BCUT2D eigenvalue weighted by atomic mass is 16.2. The van der Waals surface area contributed by atoms with Crippen molar-refractivity contribution in [2.24, 2.45) is 4.99 Å². The number of aliphatic imine (C=N–C) groups is 1. The molecule has 1 aliphatic heterocycles. The van der Waals surface area contributed by atoms with Crippen molar-refractivity contribution in [2.45, 2.75) is 71.0 Å². The predicted molar refractivity (Wildman–Crippen MR) is 121 cm³/mol. The van der Waals surface area contributed by atoms with Crippen molar-refractivity contribution in [3.05, 3.63) is 35.9 Å². The number of carbonyl (C=O) groups excluding carboxylic acids is 1. The van der Waals surface area contributed by atoms with Crippen LogP contribution in [0.3, 0.4) is 0 Å². The van der Waals surface area contributed by atoms with Crippen LogP contribution in [-0.2, 0) is 4.79 Å². The summed E-state index contributed by atoms with van der Waals surface area (Å²) >= 11 is 0. The van der Waals surface area contributed by atoms with E-state index in [1.807, 2.05) is 7.05 Å². The van der Waals surface area contributed by atoms with Gasteiger partial charge in [0.25, 0.3) is 0 Å². The third-order valence-corrected chi connectivity index (χ3v) is 6.03. The Balaban J connectivity index is 2.07. The van der Waals surface area contributed by atoms with Crippen molar-refractivity contribution >= 4 is 11.9 Å². The number of carbonyl (C=O) groups is 1. The number of likely N-dealkylation sites (tertiary alicyclic amines) is 1. The first-order valence-corrected chi connectivity index (χ1v) is 11.0. The number of guanidine groups is 1. The number of nitrogens with zero attached hydrogens (tertiary/aromatic N) is 2. The van der Waals surface area contributed by atoms with E-state index in [1.54, 1.807) is 4.90 Å².